The topological polar surface area (TPSA) is 29.3 Å². The number of hydrogen-bond acceptors (Lipinski definition) is 2. The third-order valence-electron chi connectivity index (χ3n) is 4.27. The minimum Gasteiger partial charge on any atom is -0.330 e. The highest BCUT2D eigenvalue weighted by Gasteiger charge is 2.24. The summed E-state index contributed by atoms with van der Waals surface area (Å²) in [6, 6.07) is 9.95. The van der Waals surface area contributed by atoms with E-state index in [0.717, 1.165) is 32.1 Å². The summed E-state index contributed by atoms with van der Waals surface area (Å²) in [5.74, 6) is 0.619. The summed E-state index contributed by atoms with van der Waals surface area (Å²) < 4.78 is 0. The second kappa shape index (κ2) is 7.06. The van der Waals surface area contributed by atoms with Crippen molar-refractivity contribution in [1.82, 2.24) is 4.90 Å². The van der Waals surface area contributed by atoms with Crippen LogP contribution in [0.1, 0.15) is 56.6 Å². The van der Waals surface area contributed by atoms with Gasteiger partial charge in [0.15, 0.2) is 0 Å². The highest BCUT2D eigenvalue weighted by atomic mass is 15.2. The maximum atomic E-state index is 5.66. The predicted molar refractivity (Wildman–Crippen MR) is 82.3 cm³/mol. The average molecular weight is 260 g/mol. The number of rotatable bonds is 7. The number of hydrogen-bond donors (Lipinski definition) is 1. The first-order valence-corrected chi connectivity index (χ1v) is 7.73. The van der Waals surface area contributed by atoms with Gasteiger partial charge in [-0.25, -0.2) is 0 Å². The molecule has 1 aliphatic rings. The van der Waals surface area contributed by atoms with Crippen molar-refractivity contribution in [2.24, 2.45) is 5.73 Å². The van der Waals surface area contributed by atoms with E-state index in [1.54, 1.807) is 0 Å². The number of benzene rings is 1. The summed E-state index contributed by atoms with van der Waals surface area (Å²) in [5, 5.41) is 0. The van der Waals surface area contributed by atoms with E-state index in [9.17, 15) is 0 Å². The zero-order valence-corrected chi connectivity index (χ0v) is 12.4. The van der Waals surface area contributed by atoms with Crippen molar-refractivity contribution in [3.63, 3.8) is 0 Å². The first-order valence-electron chi connectivity index (χ1n) is 7.73. The molecule has 0 heterocycles. The average Bonchev–Trinajstić information content (AvgIpc) is 2.34. The fraction of sp³-hybridized carbons (Fsp3) is 0.647. The minimum atomic E-state index is 0.619. The Morgan fingerprint density at radius 3 is 2.37 bits per heavy atom. The molecule has 0 unspecified atom stereocenters. The van der Waals surface area contributed by atoms with Crippen molar-refractivity contribution in [2.75, 3.05) is 13.1 Å². The first kappa shape index (κ1) is 14.5. The van der Waals surface area contributed by atoms with Gasteiger partial charge < -0.3 is 5.73 Å². The van der Waals surface area contributed by atoms with Crippen LogP contribution in [-0.2, 0) is 6.54 Å². The lowest BCUT2D eigenvalue weighted by Crippen LogP contribution is -2.40. The molecular weight excluding hydrogens is 232 g/mol. The molecule has 0 amide bonds. The molecular formula is C17H28N2. The van der Waals surface area contributed by atoms with Gasteiger partial charge in [0.05, 0.1) is 0 Å². The van der Waals surface area contributed by atoms with Crippen LogP contribution in [0.4, 0.5) is 0 Å². The van der Waals surface area contributed by atoms with Gasteiger partial charge in [-0.1, -0.05) is 44.5 Å². The van der Waals surface area contributed by atoms with Crippen molar-refractivity contribution in [3.8, 4) is 0 Å². The van der Waals surface area contributed by atoms with Gasteiger partial charge in [-0.3, -0.25) is 4.90 Å². The second-order valence-electron chi connectivity index (χ2n) is 6.09. The van der Waals surface area contributed by atoms with Crippen LogP contribution in [-0.4, -0.2) is 24.0 Å². The summed E-state index contributed by atoms with van der Waals surface area (Å²) in [7, 11) is 0. The molecule has 0 aromatic heterocycles. The quantitative estimate of drug-likeness (QED) is 0.813. The molecule has 0 saturated heterocycles. The molecule has 0 aliphatic heterocycles. The van der Waals surface area contributed by atoms with E-state index in [-0.39, 0.29) is 0 Å². The van der Waals surface area contributed by atoms with Gasteiger partial charge in [-0.15, -0.1) is 0 Å². The van der Waals surface area contributed by atoms with E-state index in [1.807, 2.05) is 0 Å². The van der Waals surface area contributed by atoms with Gasteiger partial charge in [0.25, 0.3) is 0 Å². The summed E-state index contributed by atoms with van der Waals surface area (Å²) >= 11 is 0. The lowest BCUT2D eigenvalue weighted by Gasteiger charge is -2.37. The molecule has 1 aromatic carbocycles. The minimum absolute atomic E-state index is 0.619. The fourth-order valence-electron chi connectivity index (χ4n) is 2.68. The van der Waals surface area contributed by atoms with Gasteiger partial charge in [-0.2, -0.15) is 0 Å². The van der Waals surface area contributed by atoms with Gasteiger partial charge >= 0.3 is 0 Å². The molecule has 2 nitrogen and oxygen atoms in total. The molecule has 0 radical (unpaired) electrons. The van der Waals surface area contributed by atoms with Crippen molar-refractivity contribution in [1.29, 1.82) is 0 Å². The second-order valence-corrected chi connectivity index (χ2v) is 6.09. The Hall–Kier alpha value is -0.860. The third-order valence-corrected chi connectivity index (χ3v) is 4.27. The van der Waals surface area contributed by atoms with Gasteiger partial charge in [0.2, 0.25) is 0 Å². The molecule has 2 N–H and O–H groups in total. The Bertz CT molecular complexity index is 365. The SMILES string of the molecule is CC(C)c1ccc(CN(CCCN)C2CCC2)cc1. The van der Waals surface area contributed by atoms with E-state index in [4.69, 9.17) is 5.73 Å². The van der Waals surface area contributed by atoms with Crippen LogP contribution < -0.4 is 5.73 Å². The molecule has 1 aliphatic carbocycles. The molecule has 2 rings (SSSR count). The summed E-state index contributed by atoms with van der Waals surface area (Å²) in [4.78, 5) is 2.63. The molecule has 0 spiro atoms. The van der Waals surface area contributed by atoms with Crippen molar-refractivity contribution >= 4 is 0 Å². The molecule has 106 valence electrons. The van der Waals surface area contributed by atoms with Crippen molar-refractivity contribution < 1.29 is 0 Å². The molecule has 1 fully saturated rings. The van der Waals surface area contributed by atoms with Crippen LogP contribution in [0, 0.1) is 0 Å². The first-order chi connectivity index (χ1) is 9.20. The smallest absolute Gasteiger partial charge is 0.0236 e. The van der Waals surface area contributed by atoms with E-state index >= 15 is 0 Å². The molecule has 19 heavy (non-hydrogen) atoms. The van der Waals surface area contributed by atoms with Crippen LogP contribution in [0.25, 0.3) is 0 Å². The van der Waals surface area contributed by atoms with Crippen molar-refractivity contribution in [3.05, 3.63) is 35.4 Å². The molecule has 1 aromatic rings. The van der Waals surface area contributed by atoms with Crippen LogP contribution >= 0.6 is 0 Å². The van der Waals surface area contributed by atoms with Crippen LogP contribution in [0.15, 0.2) is 24.3 Å². The fourth-order valence-corrected chi connectivity index (χ4v) is 2.68. The Kier molecular flexibility index (Phi) is 5.41. The van der Waals surface area contributed by atoms with E-state index in [1.165, 1.54) is 30.4 Å². The lowest BCUT2D eigenvalue weighted by atomic mass is 9.91. The monoisotopic (exact) mass is 260 g/mol. The van der Waals surface area contributed by atoms with Gasteiger partial charge in [0.1, 0.15) is 0 Å². The van der Waals surface area contributed by atoms with E-state index in [2.05, 4.69) is 43.0 Å². The highest BCUT2D eigenvalue weighted by Crippen LogP contribution is 2.26. The maximum Gasteiger partial charge on any atom is 0.0236 e. The lowest BCUT2D eigenvalue weighted by molar-refractivity contribution is 0.119. The zero-order chi connectivity index (χ0) is 13.7. The predicted octanol–water partition coefficient (Wildman–Crippen LogP) is 3.51. The van der Waals surface area contributed by atoms with Crippen LogP contribution in [0.2, 0.25) is 0 Å². The summed E-state index contributed by atoms with van der Waals surface area (Å²) in [6.45, 7) is 7.53. The summed E-state index contributed by atoms with van der Waals surface area (Å²) in [5.41, 5.74) is 8.53. The summed E-state index contributed by atoms with van der Waals surface area (Å²) in [6.07, 6.45) is 5.25. The molecule has 2 heteroatoms. The van der Waals surface area contributed by atoms with Gasteiger partial charge in [0, 0.05) is 12.6 Å². The third kappa shape index (κ3) is 4.05. The standard InChI is InChI=1S/C17H28N2/c1-14(2)16-9-7-15(8-10-16)13-19(12-4-11-18)17-5-3-6-17/h7-10,14,17H,3-6,11-13,18H2,1-2H3. The highest BCUT2D eigenvalue weighted by molar-refractivity contribution is 5.24. The number of nitrogens with zero attached hydrogens (tertiary/aromatic N) is 1. The molecule has 0 bridgehead atoms. The van der Waals surface area contributed by atoms with Crippen LogP contribution in [0.3, 0.4) is 0 Å². The maximum absolute atomic E-state index is 5.66. The Labute approximate surface area is 118 Å². The van der Waals surface area contributed by atoms with E-state index in [0.29, 0.717) is 5.92 Å². The van der Waals surface area contributed by atoms with E-state index < -0.39 is 0 Å². The Morgan fingerprint density at radius 1 is 1.21 bits per heavy atom. The normalized spacial score (nSPS) is 16.1. The largest absolute Gasteiger partial charge is 0.330 e. The molecule has 1 saturated carbocycles. The Balaban J connectivity index is 1.95. The Morgan fingerprint density at radius 2 is 1.89 bits per heavy atom. The zero-order valence-electron chi connectivity index (χ0n) is 12.4. The van der Waals surface area contributed by atoms with Gasteiger partial charge in [-0.05, 0) is 49.4 Å². The van der Waals surface area contributed by atoms with Crippen molar-refractivity contribution in [2.45, 2.75) is 58.0 Å². The molecule has 0 atom stereocenters. The number of nitrogens with two attached hydrogens (primary N) is 1. The van der Waals surface area contributed by atoms with Crippen LogP contribution in [0.5, 0.6) is 0 Å².